The third-order valence-electron chi connectivity index (χ3n) is 4.24. The summed E-state index contributed by atoms with van der Waals surface area (Å²) in [7, 11) is 2.76. The number of halogens is 2. The van der Waals surface area contributed by atoms with E-state index in [4.69, 9.17) is 9.47 Å². The smallest absolute Gasteiger partial charge is 0.343 e. The number of nitrogens with zero attached hydrogens (tertiary/aromatic N) is 1. The van der Waals surface area contributed by atoms with Crippen molar-refractivity contribution >= 4 is 73.5 Å². The summed E-state index contributed by atoms with van der Waals surface area (Å²) in [6.07, 6.45) is 1.64. The number of esters is 1. The van der Waals surface area contributed by atoms with Crippen LogP contribution in [-0.4, -0.2) is 42.8 Å². The van der Waals surface area contributed by atoms with Crippen molar-refractivity contribution in [3.8, 4) is 11.5 Å². The molecule has 1 aliphatic rings. The molecule has 0 aliphatic carbocycles. The molecule has 2 aromatic rings. The summed E-state index contributed by atoms with van der Waals surface area (Å²) in [6, 6.07) is 10.9. The fourth-order valence-electron chi connectivity index (χ4n) is 2.71. The van der Waals surface area contributed by atoms with Gasteiger partial charge < -0.3 is 14.2 Å². The highest BCUT2D eigenvalue weighted by molar-refractivity contribution is 14.1. The molecule has 0 bridgehead atoms. The number of carbonyl (C=O) groups excluding carboxylic acids is 3. The van der Waals surface area contributed by atoms with E-state index in [0.717, 1.165) is 21.8 Å². The lowest BCUT2D eigenvalue weighted by Gasteiger charge is -2.13. The average Bonchev–Trinajstić information content (AvgIpc) is 3.01. The lowest BCUT2D eigenvalue weighted by molar-refractivity contribution is -0.143. The minimum absolute atomic E-state index is 0.205. The Morgan fingerprint density at radius 3 is 2.55 bits per heavy atom. The van der Waals surface area contributed by atoms with E-state index in [9.17, 15) is 14.4 Å². The summed E-state index contributed by atoms with van der Waals surface area (Å²) in [6.45, 7) is -0.0480. The van der Waals surface area contributed by atoms with E-state index in [1.807, 2.05) is 24.3 Å². The van der Waals surface area contributed by atoms with E-state index in [2.05, 4.69) is 43.3 Å². The third kappa shape index (κ3) is 5.80. The van der Waals surface area contributed by atoms with Crippen molar-refractivity contribution in [2.75, 3.05) is 20.8 Å². The van der Waals surface area contributed by atoms with Crippen LogP contribution in [0.4, 0.5) is 4.79 Å². The molecule has 31 heavy (non-hydrogen) atoms. The van der Waals surface area contributed by atoms with Crippen molar-refractivity contribution in [1.82, 2.24) is 4.90 Å². The molecule has 10 heteroatoms. The largest absolute Gasteiger partial charge is 0.493 e. The van der Waals surface area contributed by atoms with E-state index in [-0.39, 0.29) is 24.3 Å². The summed E-state index contributed by atoms with van der Waals surface area (Å²) in [5.41, 5.74) is 1.52. The second-order valence-corrected chi connectivity index (χ2v) is 9.36. The predicted octanol–water partition coefficient (Wildman–Crippen LogP) is 4.85. The van der Waals surface area contributed by atoms with Crippen molar-refractivity contribution in [3.63, 3.8) is 0 Å². The molecule has 0 radical (unpaired) electrons. The standard InChI is InChI=1S/C21H17BrINO6S/c1-28-16-8-13(7-15(23)19(16)30-11-18(25)29-2)9-17-20(26)24(21(27)31-17)10-12-3-5-14(22)6-4-12/h3-9H,10-11H2,1-2H3/b17-9-. The number of ether oxygens (including phenoxy) is 3. The van der Waals surface area contributed by atoms with Crippen molar-refractivity contribution in [2.24, 2.45) is 0 Å². The van der Waals surface area contributed by atoms with Crippen LogP contribution in [0.3, 0.4) is 0 Å². The zero-order valence-corrected chi connectivity index (χ0v) is 21.1. The lowest BCUT2D eigenvalue weighted by atomic mass is 10.1. The van der Waals surface area contributed by atoms with Gasteiger partial charge in [0, 0.05) is 4.47 Å². The van der Waals surface area contributed by atoms with Gasteiger partial charge in [0.2, 0.25) is 0 Å². The minimum atomic E-state index is -0.513. The first kappa shape index (κ1) is 23.6. The summed E-state index contributed by atoms with van der Waals surface area (Å²) >= 11 is 6.31. The number of thioether (sulfide) groups is 1. The summed E-state index contributed by atoms with van der Waals surface area (Å²) in [5, 5.41) is -0.320. The molecule has 1 saturated heterocycles. The Morgan fingerprint density at radius 1 is 1.19 bits per heavy atom. The lowest BCUT2D eigenvalue weighted by Crippen LogP contribution is -2.27. The van der Waals surface area contributed by atoms with Crippen LogP contribution < -0.4 is 9.47 Å². The number of hydrogen-bond donors (Lipinski definition) is 0. The van der Waals surface area contributed by atoms with E-state index in [0.29, 0.717) is 25.5 Å². The molecular formula is C21H17BrINO6S. The van der Waals surface area contributed by atoms with E-state index >= 15 is 0 Å². The Bertz CT molecular complexity index is 1060. The second-order valence-electron chi connectivity index (χ2n) is 6.29. The molecule has 0 unspecified atom stereocenters. The number of benzene rings is 2. The van der Waals surface area contributed by atoms with Crippen LogP contribution >= 0.6 is 50.3 Å². The van der Waals surface area contributed by atoms with E-state index in [1.54, 1.807) is 18.2 Å². The summed E-state index contributed by atoms with van der Waals surface area (Å²) in [5.74, 6) is -0.0653. The molecule has 0 spiro atoms. The quantitative estimate of drug-likeness (QED) is 0.250. The van der Waals surface area contributed by atoms with Crippen LogP contribution in [-0.2, 0) is 20.9 Å². The van der Waals surface area contributed by atoms with Gasteiger partial charge >= 0.3 is 5.97 Å². The molecule has 2 aromatic carbocycles. The minimum Gasteiger partial charge on any atom is -0.493 e. The SMILES string of the molecule is COC(=O)COc1c(I)cc(/C=C2\SC(=O)N(Cc3ccc(Br)cc3)C2=O)cc1OC. The maximum atomic E-state index is 12.8. The van der Waals surface area contributed by atoms with Gasteiger partial charge in [-0.2, -0.15) is 0 Å². The molecule has 0 atom stereocenters. The fraction of sp³-hybridized carbons (Fsp3) is 0.190. The molecule has 0 aromatic heterocycles. The molecule has 1 aliphatic heterocycles. The van der Waals surface area contributed by atoms with Gasteiger partial charge in [-0.1, -0.05) is 28.1 Å². The van der Waals surface area contributed by atoms with Gasteiger partial charge in [0.1, 0.15) is 0 Å². The molecule has 2 amide bonds. The third-order valence-corrected chi connectivity index (χ3v) is 6.48. The van der Waals surface area contributed by atoms with E-state index in [1.165, 1.54) is 19.1 Å². The highest BCUT2D eigenvalue weighted by Crippen LogP contribution is 2.37. The fourth-order valence-corrected chi connectivity index (χ4v) is 4.60. The maximum absolute atomic E-state index is 12.8. The zero-order chi connectivity index (χ0) is 22.5. The number of hydrogen-bond acceptors (Lipinski definition) is 7. The first-order chi connectivity index (χ1) is 14.8. The van der Waals surface area contributed by atoms with Crippen LogP contribution in [0.15, 0.2) is 45.8 Å². The monoisotopic (exact) mass is 617 g/mol. The van der Waals surface area contributed by atoms with Crippen LogP contribution in [0, 0.1) is 3.57 Å². The highest BCUT2D eigenvalue weighted by Gasteiger charge is 2.35. The molecule has 1 heterocycles. The maximum Gasteiger partial charge on any atom is 0.343 e. The van der Waals surface area contributed by atoms with Gasteiger partial charge in [0.15, 0.2) is 18.1 Å². The predicted molar refractivity (Wildman–Crippen MR) is 129 cm³/mol. The van der Waals surface area contributed by atoms with Gasteiger partial charge in [-0.15, -0.1) is 0 Å². The van der Waals surface area contributed by atoms with E-state index < -0.39 is 5.97 Å². The molecular weight excluding hydrogens is 601 g/mol. The highest BCUT2D eigenvalue weighted by atomic mass is 127. The number of methoxy groups -OCH3 is 2. The Labute approximate surface area is 205 Å². The van der Waals surface area contributed by atoms with Gasteiger partial charge in [-0.05, 0) is 75.8 Å². The Balaban J connectivity index is 1.81. The zero-order valence-electron chi connectivity index (χ0n) is 16.5. The first-order valence-electron chi connectivity index (χ1n) is 8.89. The van der Waals surface area contributed by atoms with Crippen LogP contribution in [0.1, 0.15) is 11.1 Å². The second kappa shape index (κ2) is 10.5. The number of carbonyl (C=O) groups is 3. The van der Waals surface area contributed by atoms with Crippen molar-refractivity contribution < 1.29 is 28.6 Å². The molecule has 0 N–H and O–H groups in total. The molecule has 7 nitrogen and oxygen atoms in total. The topological polar surface area (TPSA) is 82.1 Å². The number of imide groups is 1. The van der Waals surface area contributed by atoms with Crippen molar-refractivity contribution in [3.05, 3.63) is 60.5 Å². The molecule has 1 fully saturated rings. The Morgan fingerprint density at radius 2 is 1.90 bits per heavy atom. The van der Waals surface area contributed by atoms with Crippen molar-refractivity contribution in [2.45, 2.75) is 6.54 Å². The molecule has 3 rings (SSSR count). The average molecular weight is 618 g/mol. The number of rotatable bonds is 7. The Kier molecular flexibility index (Phi) is 8.00. The first-order valence-corrected chi connectivity index (χ1v) is 11.6. The molecule has 162 valence electrons. The summed E-state index contributed by atoms with van der Waals surface area (Å²) in [4.78, 5) is 38.1. The Hall–Kier alpha value is -2.05. The van der Waals surface area contributed by atoms with Crippen molar-refractivity contribution in [1.29, 1.82) is 0 Å². The van der Waals surface area contributed by atoms with Crippen LogP contribution in [0.25, 0.3) is 6.08 Å². The number of amides is 2. The normalized spacial score (nSPS) is 14.8. The summed E-state index contributed by atoms with van der Waals surface area (Å²) < 4.78 is 17.1. The van der Waals surface area contributed by atoms with Crippen LogP contribution in [0.5, 0.6) is 11.5 Å². The van der Waals surface area contributed by atoms with Gasteiger partial charge in [-0.25, -0.2) is 4.79 Å². The van der Waals surface area contributed by atoms with Crippen LogP contribution in [0.2, 0.25) is 0 Å². The molecule has 0 saturated carbocycles. The van der Waals surface area contributed by atoms with Gasteiger partial charge in [0.05, 0.1) is 29.2 Å². The van der Waals surface area contributed by atoms with Gasteiger partial charge in [0.25, 0.3) is 11.1 Å². The van der Waals surface area contributed by atoms with Gasteiger partial charge in [-0.3, -0.25) is 14.5 Å².